The normalized spacial score (nSPS) is 10.5. The SMILES string of the molecule is c1ccc(-c2ccc3nncnc3c2)cc1. The van der Waals surface area contributed by atoms with Gasteiger partial charge >= 0.3 is 0 Å². The Morgan fingerprint density at radius 2 is 1.62 bits per heavy atom. The van der Waals surface area contributed by atoms with Crippen molar-refractivity contribution in [2.24, 2.45) is 0 Å². The summed E-state index contributed by atoms with van der Waals surface area (Å²) in [5.41, 5.74) is 4.02. The van der Waals surface area contributed by atoms with E-state index in [0.717, 1.165) is 16.6 Å². The fourth-order valence-electron chi connectivity index (χ4n) is 1.70. The fraction of sp³-hybridized carbons (Fsp3) is 0. The first-order valence-electron chi connectivity index (χ1n) is 5.06. The maximum atomic E-state index is 4.19. The van der Waals surface area contributed by atoms with E-state index in [0.29, 0.717) is 0 Å². The van der Waals surface area contributed by atoms with Gasteiger partial charge in [0, 0.05) is 0 Å². The number of hydrogen-bond donors (Lipinski definition) is 0. The van der Waals surface area contributed by atoms with E-state index in [1.807, 2.05) is 36.4 Å². The molecule has 76 valence electrons. The molecule has 0 aliphatic carbocycles. The quantitative estimate of drug-likeness (QED) is 0.615. The van der Waals surface area contributed by atoms with Crippen LogP contribution < -0.4 is 0 Å². The van der Waals surface area contributed by atoms with Gasteiger partial charge in [-0.3, -0.25) is 0 Å². The Morgan fingerprint density at radius 3 is 2.50 bits per heavy atom. The number of fused-ring (bicyclic) bond motifs is 1. The van der Waals surface area contributed by atoms with Gasteiger partial charge in [0.25, 0.3) is 0 Å². The molecule has 16 heavy (non-hydrogen) atoms. The van der Waals surface area contributed by atoms with Gasteiger partial charge in [-0.2, -0.15) is 0 Å². The number of rotatable bonds is 1. The zero-order valence-corrected chi connectivity index (χ0v) is 8.54. The molecule has 0 amide bonds. The van der Waals surface area contributed by atoms with E-state index in [1.165, 1.54) is 11.9 Å². The van der Waals surface area contributed by atoms with Crippen LogP contribution in [-0.2, 0) is 0 Å². The van der Waals surface area contributed by atoms with Gasteiger partial charge in [-0.05, 0) is 23.3 Å². The Morgan fingerprint density at radius 1 is 0.750 bits per heavy atom. The Hall–Kier alpha value is -2.29. The Balaban J connectivity index is 2.19. The van der Waals surface area contributed by atoms with Gasteiger partial charge in [-0.1, -0.05) is 36.4 Å². The Labute approximate surface area is 92.8 Å². The van der Waals surface area contributed by atoms with Gasteiger partial charge in [0.05, 0.1) is 5.52 Å². The third kappa shape index (κ3) is 1.52. The van der Waals surface area contributed by atoms with E-state index in [2.05, 4.69) is 27.3 Å². The van der Waals surface area contributed by atoms with Crippen LogP contribution in [-0.4, -0.2) is 15.2 Å². The van der Waals surface area contributed by atoms with Crippen LogP contribution in [0.15, 0.2) is 54.9 Å². The molecule has 2 aromatic carbocycles. The molecule has 1 aromatic heterocycles. The summed E-state index contributed by atoms with van der Waals surface area (Å²) in [6.07, 6.45) is 1.47. The molecule has 3 heteroatoms. The molecule has 0 saturated carbocycles. The lowest BCUT2D eigenvalue weighted by atomic mass is 10.1. The fourth-order valence-corrected chi connectivity index (χ4v) is 1.70. The lowest BCUT2D eigenvalue weighted by Gasteiger charge is -2.01. The molecule has 0 N–H and O–H groups in total. The van der Waals surface area contributed by atoms with Crippen LogP contribution in [0, 0.1) is 0 Å². The number of nitrogens with zero attached hydrogens (tertiary/aromatic N) is 3. The van der Waals surface area contributed by atoms with Gasteiger partial charge < -0.3 is 0 Å². The monoisotopic (exact) mass is 207 g/mol. The van der Waals surface area contributed by atoms with E-state index < -0.39 is 0 Å². The van der Waals surface area contributed by atoms with Crippen molar-refractivity contribution >= 4 is 11.0 Å². The molecule has 0 atom stereocenters. The molecule has 0 fully saturated rings. The predicted octanol–water partition coefficient (Wildman–Crippen LogP) is 2.69. The van der Waals surface area contributed by atoms with Gasteiger partial charge in [0.15, 0.2) is 0 Å². The second-order valence-corrected chi connectivity index (χ2v) is 3.53. The van der Waals surface area contributed by atoms with Gasteiger partial charge in [0.2, 0.25) is 0 Å². The molecular weight excluding hydrogens is 198 g/mol. The predicted molar refractivity (Wildman–Crippen MR) is 62.8 cm³/mol. The highest BCUT2D eigenvalue weighted by Gasteiger charge is 2.00. The molecular formula is C13H9N3. The lowest BCUT2D eigenvalue weighted by molar-refractivity contribution is 1.02. The second kappa shape index (κ2) is 3.70. The highest BCUT2D eigenvalue weighted by molar-refractivity contribution is 5.80. The first-order valence-corrected chi connectivity index (χ1v) is 5.06. The second-order valence-electron chi connectivity index (χ2n) is 3.53. The maximum Gasteiger partial charge on any atom is 0.138 e. The summed E-state index contributed by atoms with van der Waals surface area (Å²) >= 11 is 0. The summed E-state index contributed by atoms with van der Waals surface area (Å²) in [7, 11) is 0. The van der Waals surface area contributed by atoms with Crippen LogP contribution >= 0.6 is 0 Å². The summed E-state index contributed by atoms with van der Waals surface area (Å²) in [6, 6.07) is 16.2. The van der Waals surface area contributed by atoms with Crippen LogP contribution in [0.2, 0.25) is 0 Å². The van der Waals surface area contributed by atoms with Crippen molar-refractivity contribution in [3.8, 4) is 11.1 Å². The van der Waals surface area contributed by atoms with E-state index in [1.54, 1.807) is 0 Å². The Bertz CT molecular complexity index is 620. The molecule has 0 radical (unpaired) electrons. The van der Waals surface area contributed by atoms with Gasteiger partial charge in [-0.15, -0.1) is 10.2 Å². The minimum atomic E-state index is 0.821. The minimum Gasteiger partial charge on any atom is -0.233 e. The number of aromatic nitrogens is 3. The van der Waals surface area contributed by atoms with Crippen molar-refractivity contribution in [2.75, 3.05) is 0 Å². The van der Waals surface area contributed by atoms with Crippen LogP contribution in [0.3, 0.4) is 0 Å². The van der Waals surface area contributed by atoms with E-state index in [4.69, 9.17) is 0 Å². The molecule has 0 spiro atoms. The van der Waals surface area contributed by atoms with Crippen molar-refractivity contribution < 1.29 is 0 Å². The summed E-state index contributed by atoms with van der Waals surface area (Å²) in [5, 5.41) is 7.76. The molecule has 1 heterocycles. The topological polar surface area (TPSA) is 38.7 Å². The van der Waals surface area contributed by atoms with E-state index >= 15 is 0 Å². The molecule has 3 nitrogen and oxygen atoms in total. The largest absolute Gasteiger partial charge is 0.233 e. The zero-order valence-electron chi connectivity index (χ0n) is 8.54. The molecule has 0 saturated heterocycles. The van der Waals surface area contributed by atoms with Gasteiger partial charge in [0.1, 0.15) is 11.8 Å². The molecule has 0 aliphatic rings. The van der Waals surface area contributed by atoms with Crippen molar-refractivity contribution in [3.63, 3.8) is 0 Å². The first kappa shape index (κ1) is 8.97. The van der Waals surface area contributed by atoms with Crippen molar-refractivity contribution in [3.05, 3.63) is 54.9 Å². The van der Waals surface area contributed by atoms with Crippen LogP contribution in [0.4, 0.5) is 0 Å². The summed E-state index contributed by atoms with van der Waals surface area (Å²) in [4.78, 5) is 4.19. The summed E-state index contributed by atoms with van der Waals surface area (Å²) < 4.78 is 0. The van der Waals surface area contributed by atoms with E-state index in [-0.39, 0.29) is 0 Å². The van der Waals surface area contributed by atoms with Crippen molar-refractivity contribution in [2.45, 2.75) is 0 Å². The molecule has 0 bridgehead atoms. The molecule has 0 aliphatic heterocycles. The maximum absolute atomic E-state index is 4.19. The third-order valence-corrected chi connectivity index (χ3v) is 2.50. The minimum absolute atomic E-state index is 0.821. The highest BCUT2D eigenvalue weighted by Crippen LogP contribution is 2.21. The zero-order chi connectivity index (χ0) is 10.8. The van der Waals surface area contributed by atoms with E-state index in [9.17, 15) is 0 Å². The molecule has 0 unspecified atom stereocenters. The van der Waals surface area contributed by atoms with Crippen LogP contribution in [0.5, 0.6) is 0 Å². The lowest BCUT2D eigenvalue weighted by Crippen LogP contribution is -1.87. The number of hydrogen-bond acceptors (Lipinski definition) is 3. The molecule has 3 rings (SSSR count). The summed E-state index contributed by atoms with van der Waals surface area (Å²) in [6.45, 7) is 0. The standard InChI is InChI=1S/C13H9N3/c1-2-4-10(5-3-1)11-6-7-12-13(8-11)14-9-15-16-12/h1-9H. The van der Waals surface area contributed by atoms with Crippen LogP contribution in [0.25, 0.3) is 22.2 Å². The summed E-state index contributed by atoms with van der Waals surface area (Å²) in [5.74, 6) is 0. The average Bonchev–Trinajstić information content (AvgIpc) is 2.39. The van der Waals surface area contributed by atoms with Crippen LogP contribution in [0.1, 0.15) is 0 Å². The molecule has 3 aromatic rings. The van der Waals surface area contributed by atoms with Crippen molar-refractivity contribution in [1.29, 1.82) is 0 Å². The smallest absolute Gasteiger partial charge is 0.138 e. The van der Waals surface area contributed by atoms with Gasteiger partial charge in [-0.25, -0.2) is 4.98 Å². The third-order valence-electron chi connectivity index (χ3n) is 2.50. The first-order chi connectivity index (χ1) is 7.93. The number of benzene rings is 2. The highest BCUT2D eigenvalue weighted by atomic mass is 15.1. The Kier molecular flexibility index (Phi) is 2.07. The van der Waals surface area contributed by atoms with Crippen molar-refractivity contribution in [1.82, 2.24) is 15.2 Å². The average molecular weight is 207 g/mol.